The van der Waals surface area contributed by atoms with Crippen LogP contribution in [0.25, 0.3) is 121 Å². The van der Waals surface area contributed by atoms with Gasteiger partial charge in [0.25, 0.3) is 0 Å². The molecule has 0 aliphatic rings. The van der Waals surface area contributed by atoms with Crippen molar-refractivity contribution in [3.63, 3.8) is 0 Å². The molecule has 0 heterocycles. The van der Waals surface area contributed by atoms with E-state index in [2.05, 4.69) is 243 Å². The molecule has 12 aromatic carbocycles. The van der Waals surface area contributed by atoms with Crippen molar-refractivity contribution >= 4 is 53.9 Å². The van der Waals surface area contributed by atoms with Gasteiger partial charge in [0.2, 0.25) is 0 Å². The largest absolute Gasteiger partial charge is 0.0622 e. The van der Waals surface area contributed by atoms with Gasteiger partial charge >= 0.3 is 0 Å². The van der Waals surface area contributed by atoms with Crippen molar-refractivity contribution in [2.75, 3.05) is 0 Å². The summed E-state index contributed by atoms with van der Waals surface area (Å²) < 4.78 is 0. The van der Waals surface area contributed by atoms with Gasteiger partial charge in [0.1, 0.15) is 0 Å². The molecule has 0 amide bonds. The van der Waals surface area contributed by atoms with Crippen LogP contribution in [-0.2, 0) is 0 Å². The van der Waals surface area contributed by atoms with Gasteiger partial charge in [-0.3, -0.25) is 0 Å². The Morgan fingerprint density at radius 1 is 0.177 bits per heavy atom. The maximum absolute atomic E-state index is 2.39. The molecule has 12 aromatic rings. The summed E-state index contributed by atoms with van der Waals surface area (Å²) in [5.74, 6) is 0. The molecule has 62 heavy (non-hydrogen) atoms. The predicted octanol–water partition coefficient (Wildman–Crippen LogP) is 17.5. The minimum atomic E-state index is 1.21. The van der Waals surface area contributed by atoms with Crippen molar-refractivity contribution in [1.29, 1.82) is 0 Å². The first-order valence-electron chi connectivity index (χ1n) is 21.5. The van der Waals surface area contributed by atoms with Crippen molar-refractivity contribution in [3.05, 3.63) is 243 Å². The second kappa shape index (κ2) is 14.9. The van der Waals surface area contributed by atoms with Gasteiger partial charge in [-0.05, 0) is 133 Å². The van der Waals surface area contributed by atoms with Gasteiger partial charge in [0.15, 0.2) is 0 Å². The fourth-order valence-electron chi connectivity index (χ4n) is 9.99. The van der Waals surface area contributed by atoms with E-state index in [9.17, 15) is 0 Å². The Hall–Kier alpha value is -8.06. The number of rotatable bonds is 6. The van der Waals surface area contributed by atoms with Crippen molar-refractivity contribution in [2.24, 2.45) is 0 Å². The molecule has 0 saturated carbocycles. The molecular weight excluding hydrogens is 745 g/mol. The smallest absolute Gasteiger partial charge is 0.00206 e. The Balaban J connectivity index is 0.976. The molecule has 12 rings (SSSR count). The molecule has 0 nitrogen and oxygen atoms in total. The van der Waals surface area contributed by atoms with Gasteiger partial charge in [0, 0.05) is 0 Å². The molecule has 0 aromatic heterocycles. The monoisotopic (exact) mass is 784 g/mol. The van der Waals surface area contributed by atoms with E-state index in [1.54, 1.807) is 0 Å². The minimum absolute atomic E-state index is 1.21. The first kappa shape index (κ1) is 35.8. The first-order valence-corrected chi connectivity index (χ1v) is 21.5. The number of hydrogen-bond donors (Lipinski definition) is 0. The van der Waals surface area contributed by atoms with Crippen molar-refractivity contribution in [2.45, 2.75) is 0 Å². The molecule has 0 aliphatic heterocycles. The third kappa shape index (κ3) is 5.99. The molecule has 0 spiro atoms. The summed E-state index contributed by atoms with van der Waals surface area (Å²) in [6.45, 7) is 0. The summed E-state index contributed by atoms with van der Waals surface area (Å²) in [5, 5.41) is 12.6. The van der Waals surface area contributed by atoms with Crippen LogP contribution < -0.4 is 0 Å². The maximum atomic E-state index is 2.39. The van der Waals surface area contributed by atoms with Gasteiger partial charge in [-0.15, -0.1) is 0 Å². The molecule has 0 radical (unpaired) electrons. The summed E-state index contributed by atoms with van der Waals surface area (Å²) in [7, 11) is 0. The van der Waals surface area contributed by atoms with Crippen LogP contribution in [0.1, 0.15) is 0 Å². The molecule has 0 aliphatic carbocycles. The van der Waals surface area contributed by atoms with E-state index in [0.717, 1.165) is 0 Å². The van der Waals surface area contributed by atoms with E-state index in [4.69, 9.17) is 0 Å². The third-order valence-corrected chi connectivity index (χ3v) is 12.9. The van der Waals surface area contributed by atoms with Crippen molar-refractivity contribution in [1.82, 2.24) is 0 Å². The lowest BCUT2D eigenvalue weighted by atomic mass is 9.85. The van der Waals surface area contributed by atoms with E-state index in [0.29, 0.717) is 0 Å². The zero-order valence-electron chi connectivity index (χ0n) is 34.1. The van der Waals surface area contributed by atoms with Gasteiger partial charge in [-0.2, -0.15) is 0 Å². The highest BCUT2D eigenvalue weighted by molar-refractivity contribution is 6.22. The highest BCUT2D eigenvalue weighted by Crippen LogP contribution is 2.46. The summed E-state index contributed by atoms with van der Waals surface area (Å²) in [6, 6.07) is 89.2. The first-order chi connectivity index (χ1) is 30.8. The van der Waals surface area contributed by atoms with Crippen LogP contribution in [0.3, 0.4) is 0 Å². The predicted molar refractivity (Wildman–Crippen MR) is 267 cm³/mol. The lowest BCUT2D eigenvalue weighted by molar-refractivity contribution is 1.61. The number of hydrogen-bond acceptors (Lipinski definition) is 0. The zero-order valence-corrected chi connectivity index (χ0v) is 34.1. The van der Waals surface area contributed by atoms with Gasteiger partial charge in [-0.25, -0.2) is 0 Å². The molecule has 0 heteroatoms. The fourth-order valence-corrected chi connectivity index (χ4v) is 9.99. The highest BCUT2D eigenvalue weighted by atomic mass is 14.2. The average Bonchev–Trinajstić information content (AvgIpc) is 3.35. The van der Waals surface area contributed by atoms with Crippen molar-refractivity contribution in [3.8, 4) is 66.8 Å². The number of fused-ring (bicyclic) bond motifs is 5. The molecule has 0 N–H and O–H groups in total. The summed E-state index contributed by atoms with van der Waals surface area (Å²) >= 11 is 0. The molecular formula is C62H40. The van der Waals surface area contributed by atoms with E-state index in [1.807, 2.05) is 0 Å². The van der Waals surface area contributed by atoms with E-state index in [-0.39, 0.29) is 0 Å². The second-order valence-electron chi connectivity index (χ2n) is 16.3. The van der Waals surface area contributed by atoms with Gasteiger partial charge in [0.05, 0.1) is 0 Å². The van der Waals surface area contributed by atoms with Crippen LogP contribution in [0.4, 0.5) is 0 Å². The van der Waals surface area contributed by atoms with Crippen LogP contribution in [-0.4, -0.2) is 0 Å². The zero-order chi connectivity index (χ0) is 41.0. The minimum Gasteiger partial charge on any atom is -0.0622 e. The normalized spacial score (nSPS) is 11.5. The van der Waals surface area contributed by atoms with E-state index < -0.39 is 0 Å². The standard InChI is InChI=1S/C62H40/c1-3-15-42(16-4-1)53-27-14-28-55-52(37-38-54(62(53)55)43-17-5-2-6-18-43)48-35-33-47-40-49(36-34-46(47)39-48)61-58-24-11-9-22-56(58)60(57-23-10-12-25-59(57)61)45-31-29-44(30-32-45)51-26-13-20-41-19-7-8-21-50(41)51/h1-40H. The molecule has 0 bridgehead atoms. The van der Waals surface area contributed by atoms with Crippen LogP contribution in [0.2, 0.25) is 0 Å². The Morgan fingerprint density at radius 2 is 0.565 bits per heavy atom. The van der Waals surface area contributed by atoms with Crippen LogP contribution in [0.15, 0.2) is 243 Å². The van der Waals surface area contributed by atoms with Crippen LogP contribution >= 0.6 is 0 Å². The Kier molecular flexibility index (Phi) is 8.61. The Morgan fingerprint density at radius 3 is 1.21 bits per heavy atom. The molecule has 0 fully saturated rings. The summed E-state index contributed by atoms with van der Waals surface area (Å²) in [4.78, 5) is 0. The maximum Gasteiger partial charge on any atom is -0.00206 e. The second-order valence-corrected chi connectivity index (χ2v) is 16.3. The third-order valence-electron chi connectivity index (χ3n) is 12.9. The average molecular weight is 785 g/mol. The summed E-state index contributed by atoms with van der Waals surface area (Å²) in [5.41, 5.74) is 14.9. The number of benzene rings is 12. The van der Waals surface area contributed by atoms with Crippen LogP contribution in [0, 0.1) is 0 Å². The molecule has 0 atom stereocenters. The highest BCUT2D eigenvalue weighted by Gasteiger charge is 2.18. The topological polar surface area (TPSA) is 0 Å². The van der Waals surface area contributed by atoms with Gasteiger partial charge in [-0.1, -0.05) is 231 Å². The lowest BCUT2D eigenvalue weighted by Crippen LogP contribution is -1.91. The SMILES string of the molecule is c1ccc(-c2cccc3c(-c4ccc5cc(-c6c7ccccc7c(-c7ccc(-c8cccc9ccccc89)cc7)c7ccccc67)ccc5c4)ccc(-c4ccccc4)c23)cc1. The van der Waals surface area contributed by atoms with Crippen molar-refractivity contribution < 1.29 is 0 Å². The molecule has 0 saturated heterocycles. The van der Waals surface area contributed by atoms with E-state index in [1.165, 1.54) is 121 Å². The Bertz CT molecular complexity index is 3550. The quantitative estimate of drug-likeness (QED) is 0.147. The molecule has 0 unspecified atom stereocenters. The Labute approximate surface area is 361 Å². The van der Waals surface area contributed by atoms with Gasteiger partial charge < -0.3 is 0 Å². The van der Waals surface area contributed by atoms with E-state index >= 15 is 0 Å². The lowest BCUT2D eigenvalue weighted by Gasteiger charge is -2.18. The van der Waals surface area contributed by atoms with Crippen LogP contribution in [0.5, 0.6) is 0 Å². The fraction of sp³-hybridized carbons (Fsp3) is 0. The summed E-state index contributed by atoms with van der Waals surface area (Å²) in [6.07, 6.45) is 0. The molecule has 288 valence electrons.